The van der Waals surface area contributed by atoms with E-state index in [0.29, 0.717) is 35.3 Å². The van der Waals surface area contributed by atoms with Gasteiger partial charge in [0.2, 0.25) is 18.2 Å². The third-order valence-electron chi connectivity index (χ3n) is 5.30. The highest BCUT2D eigenvalue weighted by molar-refractivity contribution is 7.95. The predicted octanol–water partition coefficient (Wildman–Crippen LogP) is 5.78. The maximum absolute atomic E-state index is 14.2. The summed E-state index contributed by atoms with van der Waals surface area (Å²) >= 11 is 0. The molecule has 0 bridgehead atoms. The summed E-state index contributed by atoms with van der Waals surface area (Å²) in [6.07, 6.45) is 1.18. The molecule has 2 rings (SSSR count). The van der Waals surface area contributed by atoms with Crippen LogP contribution in [0.5, 0.6) is 17.2 Å². The number of hydrogen-bond acceptors (Lipinski definition) is 6. The fourth-order valence-corrected chi connectivity index (χ4v) is 6.42. The molecule has 2 aromatic carbocycles. The first-order chi connectivity index (χ1) is 14.6. The first kappa shape index (κ1) is 24.7. The van der Waals surface area contributed by atoms with Crippen LogP contribution < -0.4 is 14.2 Å². The van der Waals surface area contributed by atoms with E-state index < -0.39 is 18.2 Å². The number of rotatable bonds is 10. The van der Waals surface area contributed by atoms with Gasteiger partial charge in [0.15, 0.2) is 0 Å². The van der Waals surface area contributed by atoms with Crippen molar-refractivity contribution in [3.8, 4) is 17.2 Å². The quantitative estimate of drug-likeness (QED) is 0.431. The zero-order valence-electron chi connectivity index (χ0n) is 19.3. The number of benzene rings is 2. The molecule has 0 N–H and O–H groups in total. The smallest absolute Gasteiger partial charge is 0.236 e. The molecule has 0 aliphatic rings. The molecule has 0 spiro atoms. The van der Waals surface area contributed by atoms with Crippen LogP contribution in [-0.2, 0) is 4.57 Å². The summed E-state index contributed by atoms with van der Waals surface area (Å²) in [5.41, 5.74) is 1.41. The average Bonchev–Trinajstić information content (AvgIpc) is 2.74. The van der Waals surface area contributed by atoms with E-state index in [2.05, 4.69) is 0 Å². The summed E-state index contributed by atoms with van der Waals surface area (Å²) in [7, 11) is 0.269. The zero-order valence-corrected chi connectivity index (χ0v) is 20.2. The molecular weight excluding hydrogens is 415 g/mol. The van der Waals surface area contributed by atoms with E-state index in [9.17, 15) is 14.2 Å². The van der Waals surface area contributed by atoms with Crippen LogP contribution in [0, 0.1) is 20.8 Å². The van der Waals surface area contributed by atoms with Crippen molar-refractivity contribution >= 4 is 18.2 Å². The van der Waals surface area contributed by atoms with Crippen molar-refractivity contribution in [3.63, 3.8) is 0 Å². The van der Waals surface area contributed by atoms with Gasteiger partial charge in [-0.1, -0.05) is 31.0 Å². The molecule has 0 fully saturated rings. The van der Waals surface area contributed by atoms with Gasteiger partial charge < -0.3 is 18.8 Å². The molecule has 2 aromatic rings. The van der Waals surface area contributed by atoms with E-state index in [1.54, 1.807) is 13.8 Å². The minimum absolute atomic E-state index is 0.000930. The van der Waals surface area contributed by atoms with Crippen molar-refractivity contribution in [2.24, 2.45) is 0 Å². The molecule has 6 nitrogen and oxygen atoms in total. The second-order valence-corrected chi connectivity index (χ2v) is 10.3. The molecular formula is C24H31O6P. The van der Waals surface area contributed by atoms with E-state index >= 15 is 0 Å². The highest BCUT2D eigenvalue weighted by atomic mass is 31.2. The van der Waals surface area contributed by atoms with E-state index in [1.807, 2.05) is 26.0 Å². The molecule has 168 valence electrons. The Morgan fingerprint density at radius 2 is 1.29 bits per heavy atom. The molecule has 7 heteroatoms. The van der Waals surface area contributed by atoms with Crippen molar-refractivity contribution in [1.82, 2.24) is 0 Å². The average molecular weight is 446 g/mol. The second kappa shape index (κ2) is 10.1. The molecule has 0 aromatic heterocycles. The van der Waals surface area contributed by atoms with Crippen LogP contribution in [0.25, 0.3) is 0 Å². The van der Waals surface area contributed by atoms with Gasteiger partial charge in [-0.2, -0.15) is 0 Å². The van der Waals surface area contributed by atoms with Crippen LogP contribution in [-0.4, -0.2) is 38.5 Å². The first-order valence-electron chi connectivity index (χ1n) is 10.2. The molecule has 1 atom stereocenters. The molecule has 0 saturated carbocycles. The fraction of sp³-hybridized carbons (Fsp3) is 0.417. The van der Waals surface area contributed by atoms with Crippen molar-refractivity contribution in [1.29, 1.82) is 0 Å². The Bertz CT molecular complexity index is 992. The van der Waals surface area contributed by atoms with Crippen LogP contribution in [0.1, 0.15) is 57.2 Å². The molecule has 31 heavy (non-hydrogen) atoms. The lowest BCUT2D eigenvalue weighted by molar-refractivity contribution is 0.103. The van der Waals surface area contributed by atoms with Crippen molar-refractivity contribution in [2.75, 3.05) is 27.5 Å². The van der Waals surface area contributed by atoms with Gasteiger partial charge in [-0.05, 0) is 38.3 Å². The minimum Gasteiger partial charge on any atom is -0.496 e. The number of ether oxygens (including phenoxy) is 3. The highest BCUT2D eigenvalue weighted by Gasteiger charge is 2.44. The summed E-state index contributed by atoms with van der Waals surface area (Å²) in [5, 5.41) is 0. The predicted molar refractivity (Wildman–Crippen MR) is 123 cm³/mol. The summed E-state index contributed by atoms with van der Waals surface area (Å²) < 4.78 is 30.2. The number of carbonyl (C=O) groups excluding carboxylic acids is 2. The summed E-state index contributed by atoms with van der Waals surface area (Å²) in [5.74, 6) is 0.733. The van der Waals surface area contributed by atoms with Gasteiger partial charge in [-0.3, -0.25) is 9.59 Å². The molecule has 0 aliphatic carbocycles. The highest BCUT2D eigenvalue weighted by Crippen LogP contribution is 2.56. The Hall–Kier alpha value is -2.59. The van der Waals surface area contributed by atoms with Crippen LogP contribution in [0.2, 0.25) is 0 Å². The lowest BCUT2D eigenvalue weighted by Crippen LogP contribution is -2.17. The SMILES string of the molecule is CCCCP(=O)(C(=O)c1c(C)cc(C)cc1C)C(=O)c1c(OC)cc(OC)cc1OC. The van der Waals surface area contributed by atoms with Crippen molar-refractivity contribution in [2.45, 2.75) is 40.5 Å². The van der Waals surface area contributed by atoms with Gasteiger partial charge in [0.05, 0.1) is 21.3 Å². The number of unbranched alkanes of at least 4 members (excludes halogenated alkanes) is 1. The number of carbonyl (C=O) groups is 2. The van der Waals surface area contributed by atoms with Gasteiger partial charge in [0.1, 0.15) is 22.8 Å². The topological polar surface area (TPSA) is 78.9 Å². The minimum atomic E-state index is -4.01. The molecule has 0 heterocycles. The lowest BCUT2D eigenvalue weighted by atomic mass is 10.0. The van der Waals surface area contributed by atoms with Crippen molar-refractivity contribution in [3.05, 3.63) is 52.1 Å². The summed E-state index contributed by atoms with van der Waals surface area (Å²) in [4.78, 5) is 27.4. The second-order valence-electron chi connectivity index (χ2n) is 7.61. The third-order valence-corrected chi connectivity index (χ3v) is 8.01. The molecule has 1 unspecified atom stereocenters. The van der Waals surface area contributed by atoms with Gasteiger partial charge in [-0.15, -0.1) is 0 Å². The number of methoxy groups -OCH3 is 3. The maximum atomic E-state index is 14.2. The lowest BCUT2D eigenvalue weighted by Gasteiger charge is -2.21. The molecule has 0 saturated heterocycles. The summed E-state index contributed by atoms with van der Waals surface area (Å²) in [6.45, 7) is 7.46. The third kappa shape index (κ3) is 4.85. The number of hydrogen-bond donors (Lipinski definition) is 0. The van der Waals surface area contributed by atoms with E-state index in [4.69, 9.17) is 14.2 Å². The Morgan fingerprint density at radius 1 is 0.806 bits per heavy atom. The van der Waals surface area contributed by atoms with Crippen LogP contribution in [0.15, 0.2) is 24.3 Å². The standard InChI is InChI=1S/C24H31O6P/c1-8-9-10-31(27,23(25)21-16(3)11-15(2)12-17(21)4)24(26)22-19(29-6)13-18(28-5)14-20(22)30-7/h11-14H,8-10H2,1-7H3. The van der Waals surface area contributed by atoms with Gasteiger partial charge in [0.25, 0.3) is 0 Å². The van der Waals surface area contributed by atoms with Crippen LogP contribution in [0.4, 0.5) is 0 Å². The monoisotopic (exact) mass is 446 g/mol. The normalized spacial score (nSPS) is 12.7. The fourth-order valence-electron chi connectivity index (χ4n) is 3.77. The van der Waals surface area contributed by atoms with Gasteiger partial charge in [0, 0.05) is 23.9 Å². The van der Waals surface area contributed by atoms with Crippen molar-refractivity contribution < 1.29 is 28.4 Å². The van der Waals surface area contributed by atoms with E-state index in [-0.39, 0.29) is 23.2 Å². The summed E-state index contributed by atoms with van der Waals surface area (Å²) in [6, 6.07) is 6.77. The van der Waals surface area contributed by atoms with E-state index in [1.165, 1.54) is 33.5 Å². The Balaban J connectivity index is 2.73. The first-order valence-corrected chi connectivity index (χ1v) is 12.1. The maximum Gasteiger partial charge on any atom is 0.236 e. The molecule has 0 aliphatic heterocycles. The van der Waals surface area contributed by atoms with Crippen LogP contribution in [0.3, 0.4) is 0 Å². The van der Waals surface area contributed by atoms with Gasteiger partial charge in [-0.25, -0.2) is 0 Å². The Morgan fingerprint density at radius 3 is 1.71 bits per heavy atom. The zero-order chi connectivity index (χ0) is 23.3. The largest absolute Gasteiger partial charge is 0.496 e. The Kier molecular flexibility index (Phi) is 8.08. The number of aryl methyl sites for hydroxylation is 3. The van der Waals surface area contributed by atoms with Gasteiger partial charge >= 0.3 is 0 Å². The molecule has 0 radical (unpaired) electrons. The van der Waals surface area contributed by atoms with E-state index in [0.717, 1.165) is 5.56 Å². The Labute approximate surface area is 184 Å². The molecule has 0 amide bonds. The van der Waals surface area contributed by atoms with Crippen LogP contribution >= 0.6 is 7.14 Å².